The Hall–Kier alpha value is -1.87. The average Bonchev–Trinajstić information content (AvgIpc) is 2.82. The first-order valence-corrected chi connectivity index (χ1v) is 6.78. The number of fused-ring (bicyclic) bond motifs is 1. The van der Waals surface area contributed by atoms with E-state index in [0.717, 1.165) is 18.5 Å². The number of aromatic nitrogens is 1. The van der Waals surface area contributed by atoms with Crippen molar-refractivity contribution in [2.24, 2.45) is 0 Å². The van der Waals surface area contributed by atoms with E-state index in [4.69, 9.17) is 5.73 Å². The Labute approximate surface area is 113 Å². The number of pyridine rings is 1. The number of anilines is 1. The minimum Gasteiger partial charge on any atom is -0.399 e. The van der Waals surface area contributed by atoms with E-state index in [0.29, 0.717) is 12.1 Å². The van der Waals surface area contributed by atoms with Gasteiger partial charge in [0.1, 0.15) is 0 Å². The Morgan fingerprint density at radius 3 is 2.84 bits per heavy atom. The molecule has 1 heterocycles. The fraction of sp³-hybridized carbons (Fsp3) is 0.312. The van der Waals surface area contributed by atoms with Crippen molar-refractivity contribution in [3.05, 3.63) is 59.4 Å². The summed E-state index contributed by atoms with van der Waals surface area (Å²) < 4.78 is 0. The zero-order valence-electron chi connectivity index (χ0n) is 11.1. The van der Waals surface area contributed by atoms with E-state index in [1.807, 2.05) is 18.5 Å². The van der Waals surface area contributed by atoms with Gasteiger partial charge in [0.05, 0.1) is 0 Å². The Kier molecular flexibility index (Phi) is 3.22. The van der Waals surface area contributed by atoms with Gasteiger partial charge in [-0.15, -0.1) is 0 Å². The van der Waals surface area contributed by atoms with Crippen molar-refractivity contribution < 1.29 is 0 Å². The molecule has 3 rings (SSSR count). The third-order valence-corrected chi connectivity index (χ3v) is 3.90. The number of nitrogen functional groups attached to an aromatic ring is 1. The van der Waals surface area contributed by atoms with Crippen LogP contribution >= 0.6 is 0 Å². The smallest absolute Gasteiger partial charge is 0.0331 e. The van der Waals surface area contributed by atoms with Gasteiger partial charge in [0.2, 0.25) is 0 Å². The molecule has 0 spiro atoms. The van der Waals surface area contributed by atoms with Crippen molar-refractivity contribution in [1.29, 1.82) is 0 Å². The summed E-state index contributed by atoms with van der Waals surface area (Å²) in [5, 5.41) is 3.70. The van der Waals surface area contributed by atoms with Crippen LogP contribution in [-0.4, -0.2) is 4.98 Å². The van der Waals surface area contributed by atoms with Gasteiger partial charge < -0.3 is 11.1 Å². The lowest BCUT2D eigenvalue weighted by molar-refractivity contribution is 0.465. The number of hydrogen-bond acceptors (Lipinski definition) is 3. The van der Waals surface area contributed by atoms with Gasteiger partial charge in [-0.2, -0.15) is 0 Å². The van der Waals surface area contributed by atoms with Crippen molar-refractivity contribution in [3.63, 3.8) is 0 Å². The first-order chi connectivity index (χ1) is 9.24. The number of nitrogens with one attached hydrogen (secondary N) is 1. The maximum Gasteiger partial charge on any atom is 0.0331 e. The highest BCUT2D eigenvalue weighted by molar-refractivity contribution is 5.47. The van der Waals surface area contributed by atoms with Gasteiger partial charge in [-0.3, -0.25) is 4.98 Å². The molecular weight excluding hydrogens is 234 g/mol. The van der Waals surface area contributed by atoms with Crippen LogP contribution in [0.25, 0.3) is 0 Å². The van der Waals surface area contributed by atoms with E-state index in [9.17, 15) is 0 Å². The maximum atomic E-state index is 5.84. The second-order valence-corrected chi connectivity index (χ2v) is 5.22. The monoisotopic (exact) mass is 253 g/mol. The predicted molar refractivity (Wildman–Crippen MR) is 77.7 cm³/mol. The molecule has 98 valence electrons. The van der Waals surface area contributed by atoms with Crippen LogP contribution in [-0.2, 0) is 6.42 Å². The maximum absolute atomic E-state index is 5.84. The molecule has 0 fully saturated rings. The lowest BCUT2D eigenvalue weighted by Crippen LogP contribution is -2.23. The molecule has 2 atom stereocenters. The molecule has 1 unspecified atom stereocenters. The Balaban J connectivity index is 1.76. The first kappa shape index (κ1) is 12.2. The van der Waals surface area contributed by atoms with Crippen molar-refractivity contribution in [2.75, 3.05) is 5.73 Å². The number of rotatable bonds is 3. The fourth-order valence-corrected chi connectivity index (χ4v) is 2.86. The number of nitrogens with two attached hydrogens (primary N) is 1. The lowest BCUT2D eigenvalue weighted by Gasteiger charge is -2.20. The minimum atomic E-state index is 0.330. The third-order valence-electron chi connectivity index (χ3n) is 3.90. The second kappa shape index (κ2) is 5.02. The second-order valence-electron chi connectivity index (χ2n) is 5.22. The Morgan fingerprint density at radius 2 is 2.05 bits per heavy atom. The molecule has 0 radical (unpaired) electrons. The fourth-order valence-electron chi connectivity index (χ4n) is 2.86. The summed E-state index contributed by atoms with van der Waals surface area (Å²) in [5.41, 5.74) is 10.8. The van der Waals surface area contributed by atoms with Gasteiger partial charge in [-0.05, 0) is 60.7 Å². The molecule has 1 aromatic heterocycles. The molecule has 0 saturated heterocycles. The van der Waals surface area contributed by atoms with Crippen LogP contribution in [0, 0.1) is 0 Å². The normalized spacial score (nSPS) is 19.1. The molecule has 2 aromatic rings. The van der Waals surface area contributed by atoms with Gasteiger partial charge in [-0.25, -0.2) is 0 Å². The molecule has 19 heavy (non-hydrogen) atoms. The molecule has 1 aliphatic carbocycles. The molecule has 1 aliphatic rings. The van der Waals surface area contributed by atoms with E-state index in [2.05, 4.69) is 41.5 Å². The summed E-state index contributed by atoms with van der Waals surface area (Å²) in [5.74, 6) is 0. The standard InChI is InChI=1S/C16H19N3/c1-11(12-6-8-18-9-7-12)19-16-5-2-13-10-14(17)3-4-15(13)16/h3-4,6-11,16,19H,2,5,17H2,1H3/t11-,16?/m0/s1. The van der Waals surface area contributed by atoms with Crippen molar-refractivity contribution in [3.8, 4) is 0 Å². The summed E-state index contributed by atoms with van der Waals surface area (Å²) in [4.78, 5) is 4.06. The zero-order chi connectivity index (χ0) is 13.2. The van der Waals surface area contributed by atoms with Crippen LogP contribution in [0.5, 0.6) is 0 Å². The van der Waals surface area contributed by atoms with Crippen LogP contribution in [0.2, 0.25) is 0 Å². The molecule has 3 N–H and O–H groups in total. The highest BCUT2D eigenvalue weighted by atomic mass is 15.0. The number of nitrogens with zero attached hydrogens (tertiary/aromatic N) is 1. The van der Waals surface area contributed by atoms with E-state index in [-0.39, 0.29) is 0 Å². The Morgan fingerprint density at radius 1 is 1.26 bits per heavy atom. The van der Waals surface area contributed by atoms with Crippen LogP contribution in [0.1, 0.15) is 42.1 Å². The van der Waals surface area contributed by atoms with E-state index < -0.39 is 0 Å². The molecular formula is C16H19N3. The summed E-state index contributed by atoms with van der Waals surface area (Å²) in [6.45, 7) is 2.20. The highest BCUT2D eigenvalue weighted by Crippen LogP contribution is 2.33. The first-order valence-electron chi connectivity index (χ1n) is 6.78. The van der Waals surface area contributed by atoms with Crippen molar-refractivity contribution in [1.82, 2.24) is 10.3 Å². The quantitative estimate of drug-likeness (QED) is 0.827. The summed E-state index contributed by atoms with van der Waals surface area (Å²) in [6, 6.07) is 11.2. The van der Waals surface area contributed by atoms with Gasteiger partial charge in [0.15, 0.2) is 0 Å². The average molecular weight is 253 g/mol. The van der Waals surface area contributed by atoms with Crippen LogP contribution in [0.4, 0.5) is 5.69 Å². The minimum absolute atomic E-state index is 0.330. The van der Waals surface area contributed by atoms with E-state index in [1.54, 1.807) is 0 Å². The topological polar surface area (TPSA) is 50.9 Å². The molecule has 0 bridgehead atoms. The third kappa shape index (κ3) is 2.47. The molecule has 0 aliphatic heterocycles. The van der Waals surface area contributed by atoms with Crippen molar-refractivity contribution >= 4 is 5.69 Å². The predicted octanol–water partition coefficient (Wildman–Crippen LogP) is 3.00. The molecule has 3 heteroatoms. The van der Waals surface area contributed by atoms with E-state index in [1.165, 1.54) is 16.7 Å². The largest absolute Gasteiger partial charge is 0.399 e. The summed E-state index contributed by atoms with van der Waals surface area (Å²) in [6.07, 6.45) is 5.95. The van der Waals surface area contributed by atoms with E-state index >= 15 is 0 Å². The van der Waals surface area contributed by atoms with Gasteiger partial charge in [0, 0.05) is 30.2 Å². The number of aryl methyl sites for hydroxylation is 1. The molecule has 0 saturated carbocycles. The Bertz CT molecular complexity index is 565. The lowest BCUT2D eigenvalue weighted by atomic mass is 10.0. The highest BCUT2D eigenvalue weighted by Gasteiger charge is 2.23. The van der Waals surface area contributed by atoms with Crippen LogP contribution < -0.4 is 11.1 Å². The SMILES string of the molecule is C[C@H](NC1CCc2cc(N)ccc21)c1ccncc1. The van der Waals surface area contributed by atoms with Crippen molar-refractivity contribution in [2.45, 2.75) is 31.8 Å². The number of hydrogen-bond donors (Lipinski definition) is 2. The van der Waals surface area contributed by atoms with Gasteiger partial charge in [0.25, 0.3) is 0 Å². The molecule has 3 nitrogen and oxygen atoms in total. The summed E-state index contributed by atoms with van der Waals surface area (Å²) in [7, 11) is 0. The van der Waals surface area contributed by atoms with Crippen LogP contribution in [0.3, 0.4) is 0 Å². The van der Waals surface area contributed by atoms with Gasteiger partial charge >= 0.3 is 0 Å². The zero-order valence-corrected chi connectivity index (χ0v) is 11.1. The van der Waals surface area contributed by atoms with Crippen LogP contribution in [0.15, 0.2) is 42.7 Å². The number of benzene rings is 1. The molecule has 1 aromatic carbocycles. The van der Waals surface area contributed by atoms with Gasteiger partial charge in [-0.1, -0.05) is 6.07 Å². The molecule has 0 amide bonds. The summed E-state index contributed by atoms with van der Waals surface area (Å²) >= 11 is 0.